The van der Waals surface area contributed by atoms with Crippen molar-refractivity contribution in [2.24, 2.45) is 0 Å². The fraction of sp³-hybridized carbons (Fsp3) is 0.0714. The standard InChI is InChI=1S/C28H21NO6S/c1-29-26(27(31)20-10-3-2-4-11-20)28(23-13-7-8-14-24(23)36(29,32)33)35-25(30)18-34-22-16-15-19-9-5-6-12-21(19)17-22/h2-17H,18H2,1H3. The maximum absolute atomic E-state index is 13.4. The van der Waals surface area contributed by atoms with Crippen LogP contribution in [0.2, 0.25) is 0 Å². The highest BCUT2D eigenvalue weighted by Crippen LogP contribution is 2.38. The number of carbonyl (C=O) groups is 2. The van der Waals surface area contributed by atoms with E-state index in [-0.39, 0.29) is 27.5 Å². The van der Waals surface area contributed by atoms with Crippen LogP contribution in [0.4, 0.5) is 0 Å². The third kappa shape index (κ3) is 4.23. The molecule has 0 saturated heterocycles. The highest BCUT2D eigenvalue weighted by Gasteiger charge is 2.39. The first-order valence-electron chi connectivity index (χ1n) is 11.1. The zero-order chi connectivity index (χ0) is 25.3. The lowest BCUT2D eigenvalue weighted by atomic mass is 10.0. The number of hydrogen-bond acceptors (Lipinski definition) is 6. The molecule has 0 atom stereocenters. The summed E-state index contributed by atoms with van der Waals surface area (Å²) < 4.78 is 38.5. The summed E-state index contributed by atoms with van der Waals surface area (Å²) in [7, 11) is -2.77. The number of allylic oxidation sites excluding steroid dienone is 1. The predicted octanol–water partition coefficient (Wildman–Crippen LogP) is 4.65. The number of ketones is 1. The van der Waals surface area contributed by atoms with Gasteiger partial charge in [0.25, 0.3) is 10.0 Å². The maximum atomic E-state index is 13.4. The van der Waals surface area contributed by atoms with E-state index in [1.54, 1.807) is 48.5 Å². The first-order valence-corrected chi connectivity index (χ1v) is 12.5. The second kappa shape index (κ2) is 9.31. The van der Waals surface area contributed by atoms with Crippen LogP contribution in [0.25, 0.3) is 16.5 Å². The van der Waals surface area contributed by atoms with Gasteiger partial charge in [0, 0.05) is 18.2 Å². The molecule has 4 aromatic carbocycles. The van der Waals surface area contributed by atoms with Crippen molar-refractivity contribution in [3.63, 3.8) is 0 Å². The molecule has 1 aliphatic heterocycles. The van der Waals surface area contributed by atoms with Gasteiger partial charge in [-0.3, -0.25) is 9.10 Å². The first kappa shape index (κ1) is 23.3. The van der Waals surface area contributed by atoms with Crippen LogP contribution < -0.4 is 4.74 Å². The number of fused-ring (bicyclic) bond motifs is 2. The highest BCUT2D eigenvalue weighted by atomic mass is 32.2. The molecule has 0 saturated carbocycles. The summed E-state index contributed by atoms with van der Waals surface area (Å²) in [5.74, 6) is -1.03. The van der Waals surface area contributed by atoms with Crippen molar-refractivity contribution >= 4 is 38.3 Å². The Kier molecular flexibility index (Phi) is 6.03. The lowest BCUT2D eigenvalue weighted by Gasteiger charge is -2.30. The molecule has 0 aromatic heterocycles. The van der Waals surface area contributed by atoms with E-state index in [2.05, 4.69) is 0 Å². The van der Waals surface area contributed by atoms with E-state index in [4.69, 9.17) is 9.47 Å². The van der Waals surface area contributed by atoms with E-state index in [0.29, 0.717) is 5.75 Å². The van der Waals surface area contributed by atoms with Crippen LogP contribution in [-0.4, -0.2) is 38.1 Å². The van der Waals surface area contributed by atoms with E-state index in [1.165, 1.54) is 19.2 Å². The summed E-state index contributed by atoms with van der Waals surface area (Å²) in [6.45, 7) is -0.437. The van der Waals surface area contributed by atoms with Gasteiger partial charge in [-0.2, -0.15) is 0 Å². The number of ether oxygens (including phenoxy) is 2. The van der Waals surface area contributed by atoms with Crippen LogP contribution in [0.1, 0.15) is 15.9 Å². The molecule has 0 amide bonds. The van der Waals surface area contributed by atoms with Crippen LogP contribution in [0, 0.1) is 0 Å². The minimum atomic E-state index is -4.04. The van der Waals surface area contributed by atoms with E-state index >= 15 is 0 Å². The van der Waals surface area contributed by atoms with E-state index < -0.39 is 28.4 Å². The number of hydrogen-bond donors (Lipinski definition) is 0. The van der Waals surface area contributed by atoms with E-state index in [0.717, 1.165) is 15.1 Å². The van der Waals surface area contributed by atoms with Crippen LogP contribution >= 0.6 is 0 Å². The quantitative estimate of drug-likeness (QED) is 0.283. The van der Waals surface area contributed by atoms with Gasteiger partial charge in [-0.15, -0.1) is 0 Å². The van der Waals surface area contributed by atoms with Gasteiger partial charge >= 0.3 is 5.97 Å². The van der Waals surface area contributed by atoms with Crippen LogP contribution in [-0.2, 0) is 19.6 Å². The molecule has 4 aromatic rings. The van der Waals surface area contributed by atoms with Gasteiger partial charge in [0.1, 0.15) is 11.4 Å². The van der Waals surface area contributed by atoms with Crippen molar-refractivity contribution in [1.29, 1.82) is 0 Å². The average Bonchev–Trinajstić information content (AvgIpc) is 2.91. The Morgan fingerprint density at radius 2 is 1.47 bits per heavy atom. The monoisotopic (exact) mass is 499 g/mol. The number of Topliss-reactive ketones (excluding diaryl/α,β-unsaturated/α-hetero) is 1. The summed E-state index contributed by atoms with van der Waals surface area (Å²) >= 11 is 0. The summed E-state index contributed by atoms with van der Waals surface area (Å²) in [6.07, 6.45) is 0. The van der Waals surface area contributed by atoms with Crippen molar-refractivity contribution in [3.05, 3.63) is 114 Å². The molecule has 7 nitrogen and oxygen atoms in total. The fourth-order valence-corrected chi connectivity index (χ4v) is 5.43. The number of rotatable bonds is 6. The Balaban J connectivity index is 1.49. The average molecular weight is 500 g/mol. The Labute approximate surface area is 208 Å². The van der Waals surface area contributed by atoms with Gasteiger partial charge in [0.05, 0.1) is 4.90 Å². The number of sulfonamides is 1. The molecule has 5 rings (SSSR count). The molecule has 0 aliphatic carbocycles. The van der Waals surface area contributed by atoms with Crippen molar-refractivity contribution in [1.82, 2.24) is 4.31 Å². The van der Waals surface area contributed by atoms with Crippen molar-refractivity contribution in [3.8, 4) is 5.75 Å². The second-order valence-corrected chi connectivity index (χ2v) is 10.1. The third-order valence-electron chi connectivity index (χ3n) is 5.84. The first-order chi connectivity index (χ1) is 17.4. The molecular weight excluding hydrogens is 478 g/mol. The fourth-order valence-electron chi connectivity index (χ4n) is 4.04. The third-order valence-corrected chi connectivity index (χ3v) is 7.66. The molecule has 0 fully saturated rings. The summed E-state index contributed by atoms with van der Waals surface area (Å²) in [4.78, 5) is 26.2. The van der Waals surface area contributed by atoms with Crippen molar-refractivity contribution in [2.45, 2.75) is 4.90 Å². The minimum Gasteiger partial charge on any atom is -0.482 e. The lowest BCUT2D eigenvalue weighted by molar-refractivity contribution is -0.139. The van der Waals surface area contributed by atoms with E-state index in [1.807, 2.05) is 36.4 Å². The number of benzene rings is 4. The van der Waals surface area contributed by atoms with Gasteiger partial charge in [-0.25, -0.2) is 13.2 Å². The predicted molar refractivity (Wildman–Crippen MR) is 135 cm³/mol. The topological polar surface area (TPSA) is 90.0 Å². The molecule has 0 N–H and O–H groups in total. The normalized spacial score (nSPS) is 14.3. The lowest BCUT2D eigenvalue weighted by Crippen LogP contribution is -2.36. The molecular formula is C28H21NO6S. The molecule has 8 heteroatoms. The summed E-state index contributed by atoms with van der Waals surface area (Å²) in [6, 6.07) is 27.5. The minimum absolute atomic E-state index is 0.0599. The molecule has 0 unspecified atom stereocenters. The molecule has 0 bridgehead atoms. The molecule has 1 aliphatic rings. The van der Waals surface area contributed by atoms with Crippen molar-refractivity contribution < 1.29 is 27.5 Å². The number of carbonyl (C=O) groups excluding carboxylic acids is 2. The molecule has 180 valence electrons. The Morgan fingerprint density at radius 3 is 2.25 bits per heavy atom. The Bertz CT molecular complexity index is 1630. The maximum Gasteiger partial charge on any atom is 0.349 e. The zero-order valence-electron chi connectivity index (χ0n) is 19.2. The SMILES string of the molecule is CN1C(C(=O)c2ccccc2)=C(OC(=O)COc2ccc3ccccc3c2)c2ccccc2S1(=O)=O. The highest BCUT2D eigenvalue weighted by molar-refractivity contribution is 7.89. The Hall–Kier alpha value is -4.43. The summed E-state index contributed by atoms with van der Waals surface area (Å²) in [5, 5.41) is 1.99. The van der Waals surface area contributed by atoms with Crippen molar-refractivity contribution in [2.75, 3.05) is 13.7 Å². The number of nitrogens with zero attached hydrogens (tertiary/aromatic N) is 1. The second-order valence-electron chi connectivity index (χ2n) is 8.11. The van der Waals surface area contributed by atoms with Gasteiger partial charge in [-0.1, -0.05) is 72.8 Å². The van der Waals surface area contributed by atoms with Gasteiger partial charge in [0.2, 0.25) is 5.78 Å². The van der Waals surface area contributed by atoms with Crippen LogP contribution in [0.3, 0.4) is 0 Å². The molecule has 0 spiro atoms. The van der Waals surface area contributed by atoms with Gasteiger partial charge < -0.3 is 9.47 Å². The number of esters is 1. The molecule has 0 radical (unpaired) electrons. The Morgan fingerprint density at radius 1 is 0.806 bits per heavy atom. The zero-order valence-corrected chi connectivity index (χ0v) is 20.1. The van der Waals surface area contributed by atoms with Crippen LogP contribution in [0.15, 0.2) is 108 Å². The van der Waals surface area contributed by atoms with Crippen LogP contribution in [0.5, 0.6) is 5.75 Å². The van der Waals surface area contributed by atoms with E-state index in [9.17, 15) is 18.0 Å². The largest absolute Gasteiger partial charge is 0.482 e. The molecule has 1 heterocycles. The molecule has 36 heavy (non-hydrogen) atoms. The number of likely N-dealkylation sites (N-methyl/N-ethyl adjacent to an activating group) is 1. The van der Waals surface area contributed by atoms with Gasteiger partial charge in [-0.05, 0) is 35.0 Å². The smallest absolute Gasteiger partial charge is 0.349 e. The van der Waals surface area contributed by atoms with Gasteiger partial charge in [0.15, 0.2) is 12.4 Å². The summed E-state index contributed by atoms with van der Waals surface area (Å²) in [5.41, 5.74) is 0.141.